The molecule has 0 saturated carbocycles. The van der Waals surface area contributed by atoms with Crippen LogP contribution in [-0.4, -0.2) is 45.0 Å². The lowest BCUT2D eigenvalue weighted by molar-refractivity contribution is 0.0258. The van der Waals surface area contributed by atoms with Gasteiger partial charge in [-0.05, 0) is 30.2 Å². The van der Waals surface area contributed by atoms with E-state index in [-0.39, 0.29) is 18.7 Å². The summed E-state index contributed by atoms with van der Waals surface area (Å²) in [4.78, 5) is 11.9. The number of halogens is 3. The lowest BCUT2D eigenvalue weighted by Gasteiger charge is -2.15. The molecule has 1 fully saturated rings. The predicted octanol–water partition coefficient (Wildman–Crippen LogP) is 5.14. The maximum absolute atomic E-state index is 14.1. The molecule has 2 aromatic heterocycles. The summed E-state index contributed by atoms with van der Waals surface area (Å²) in [6.45, 7) is 2.21. The number of hydrogen-bond donors (Lipinski definition) is 2. The summed E-state index contributed by atoms with van der Waals surface area (Å²) in [6, 6.07) is 12.4. The van der Waals surface area contributed by atoms with E-state index in [0.717, 1.165) is 6.07 Å². The van der Waals surface area contributed by atoms with Gasteiger partial charge in [-0.15, -0.1) is 0 Å². The first kappa shape index (κ1) is 21.8. The monoisotopic (exact) mass is 471 g/mol. The molecule has 0 aliphatic carbocycles. The van der Waals surface area contributed by atoms with Crippen molar-refractivity contribution >= 4 is 22.8 Å². The molecule has 6 nitrogen and oxygen atoms in total. The Hall–Kier alpha value is -3.07. The fraction of sp³-hybridized carbons (Fsp3) is 0.250. The Bertz CT molecular complexity index is 1310. The molecule has 0 spiro atoms. The molecule has 4 aromatic rings. The smallest absolute Gasteiger partial charge is 0.296 e. The van der Waals surface area contributed by atoms with Crippen LogP contribution >= 0.6 is 11.6 Å². The van der Waals surface area contributed by atoms with Crippen LogP contribution in [0.4, 0.5) is 8.78 Å². The highest BCUT2D eigenvalue weighted by molar-refractivity contribution is 6.33. The maximum Gasteiger partial charge on any atom is 0.296 e. The van der Waals surface area contributed by atoms with Crippen molar-refractivity contribution in [2.24, 2.45) is 0 Å². The summed E-state index contributed by atoms with van der Waals surface area (Å²) in [5.41, 5.74) is 3.11. The van der Waals surface area contributed by atoms with E-state index < -0.39 is 23.8 Å². The van der Waals surface area contributed by atoms with Gasteiger partial charge in [0.15, 0.2) is 11.8 Å². The zero-order chi connectivity index (χ0) is 23.1. The van der Waals surface area contributed by atoms with Gasteiger partial charge in [0.1, 0.15) is 17.7 Å². The van der Waals surface area contributed by atoms with E-state index in [1.165, 1.54) is 12.1 Å². The molecule has 3 heterocycles. The third-order valence-corrected chi connectivity index (χ3v) is 6.00. The molecule has 3 atom stereocenters. The van der Waals surface area contributed by atoms with Crippen LogP contribution in [0, 0.1) is 11.6 Å². The second kappa shape index (κ2) is 8.70. The minimum absolute atomic E-state index is 0.220. The summed E-state index contributed by atoms with van der Waals surface area (Å²) in [5, 5.41) is 10.7. The topological polar surface area (TPSA) is 80.3 Å². The summed E-state index contributed by atoms with van der Waals surface area (Å²) < 4.78 is 38.6. The SMILES string of the molecule is CC[C@H]1OC[C@@H](Oc2nc3nc(-c4ccc(-c5ccc(F)cc5F)cc4)c(Cl)cc3[nH]2)[C@@H]1O. The van der Waals surface area contributed by atoms with Gasteiger partial charge in [0.2, 0.25) is 0 Å². The zero-order valence-electron chi connectivity index (χ0n) is 17.6. The van der Waals surface area contributed by atoms with Crippen molar-refractivity contribution in [3.05, 3.63) is 65.2 Å². The number of pyridine rings is 1. The molecule has 9 heteroatoms. The average Bonchev–Trinajstić information content (AvgIpc) is 3.35. The van der Waals surface area contributed by atoms with E-state index in [2.05, 4.69) is 15.0 Å². The van der Waals surface area contributed by atoms with Crippen molar-refractivity contribution in [3.63, 3.8) is 0 Å². The number of aliphatic hydroxyl groups is 1. The van der Waals surface area contributed by atoms with E-state index in [4.69, 9.17) is 21.1 Å². The first-order chi connectivity index (χ1) is 15.9. The van der Waals surface area contributed by atoms with Gasteiger partial charge in [-0.3, -0.25) is 0 Å². The van der Waals surface area contributed by atoms with Crippen LogP contribution in [0.2, 0.25) is 5.02 Å². The van der Waals surface area contributed by atoms with E-state index in [1.54, 1.807) is 30.3 Å². The van der Waals surface area contributed by atoms with Gasteiger partial charge in [-0.2, -0.15) is 4.98 Å². The molecule has 1 saturated heterocycles. The molecule has 2 N–H and O–H groups in total. The molecule has 1 aliphatic heterocycles. The Morgan fingerprint density at radius 3 is 2.58 bits per heavy atom. The van der Waals surface area contributed by atoms with Gasteiger partial charge in [0, 0.05) is 17.2 Å². The average molecular weight is 472 g/mol. The van der Waals surface area contributed by atoms with Crippen LogP contribution in [0.5, 0.6) is 6.01 Å². The molecule has 5 rings (SSSR count). The molecular weight excluding hydrogens is 452 g/mol. The minimum Gasteiger partial charge on any atom is -0.456 e. The number of H-pyrrole nitrogens is 1. The number of aromatic nitrogens is 3. The number of benzene rings is 2. The van der Waals surface area contributed by atoms with Crippen molar-refractivity contribution in [1.82, 2.24) is 15.0 Å². The Morgan fingerprint density at radius 2 is 1.88 bits per heavy atom. The highest BCUT2D eigenvalue weighted by Gasteiger charge is 2.37. The van der Waals surface area contributed by atoms with Crippen LogP contribution in [0.3, 0.4) is 0 Å². The van der Waals surface area contributed by atoms with Gasteiger partial charge >= 0.3 is 0 Å². The van der Waals surface area contributed by atoms with E-state index >= 15 is 0 Å². The Morgan fingerprint density at radius 1 is 1.12 bits per heavy atom. The lowest BCUT2D eigenvalue weighted by Crippen LogP contribution is -2.34. The standard InChI is InChI=1S/C24H20ClF2N3O3/c1-2-19-22(31)20(11-32-19)33-24-28-18-10-16(25)21(29-23(18)30-24)13-5-3-12(4-6-13)15-8-7-14(26)9-17(15)27/h3-10,19-20,22,31H,2,11H2,1H3,(H,28,29,30)/t19-,20-,22-/m1/s1. The molecule has 33 heavy (non-hydrogen) atoms. The van der Waals surface area contributed by atoms with Crippen molar-refractivity contribution in [2.45, 2.75) is 31.7 Å². The summed E-state index contributed by atoms with van der Waals surface area (Å²) in [5.74, 6) is -1.26. The number of fused-ring (bicyclic) bond motifs is 1. The van der Waals surface area contributed by atoms with Crippen LogP contribution in [-0.2, 0) is 4.74 Å². The number of hydrogen-bond acceptors (Lipinski definition) is 5. The fourth-order valence-corrected chi connectivity index (χ4v) is 4.21. The van der Waals surface area contributed by atoms with Gasteiger partial charge in [0.05, 0.1) is 28.9 Å². The normalized spacial score (nSPS) is 20.5. The molecule has 0 amide bonds. The molecule has 2 aromatic carbocycles. The Balaban J connectivity index is 1.41. The van der Waals surface area contributed by atoms with Crippen molar-refractivity contribution in [2.75, 3.05) is 6.61 Å². The summed E-state index contributed by atoms with van der Waals surface area (Å²) >= 11 is 6.47. The Kier molecular flexibility index (Phi) is 5.74. The van der Waals surface area contributed by atoms with Gasteiger partial charge in [-0.1, -0.05) is 42.8 Å². The van der Waals surface area contributed by atoms with Gasteiger partial charge in [-0.25, -0.2) is 13.8 Å². The van der Waals surface area contributed by atoms with Crippen LogP contribution < -0.4 is 4.74 Å². The Labute approximate surface area is 193 Å². The molecule has 170 valence electrons. The largest absolute Gasteiger partial charge is 0.456 e. The van der Waals surface area contributed by atoms with E-state index in [9.17, 15) is 13.9 Å². The van der Waals surface area contributed by atoms with E-state index in [1.807, 2.05) is 6.92 Å². The second-order valence-electron chi connectivity index (χ2n) is 7.86. The summed E-state index contributed by atoms with van der Waals surface area (Å²) in [6.07, 6.45) is -0.830. The highest BCUT2D eigenvalue weighted by Crippen LogP contribution is 2.32. The number of imidazole rings is 1. The quantitative estimate of drug-likeness (QED) is 0.421. The molecular formula is C24H20ClF2N3O3. The lowest BCUT2D eigenvalue weighted by atomic mass is 10.0. The molecule has 0 bridgehead atoms. The van der Waals surface area contributed by atoms with Crippen LogP contribution in [0.25, 0.3) is 33.5 Å². The van der Waals surface area contributed by atoms with Crippen LogP contribution in [0.15, 0.2) is 48.5 Å². The minimum atomic E-state index is -0.736. The number of nitrogens with one attached hydrogen (secondary N) is 1. The first-order valence-electron chi connectivity index (χ1n) is 10.5. The number of rotatable bonds is 5. The molecule has 0 unspecified atom stereocenters. The van der Waals surface area contributed by atoms with Crippen molar-refractivity contribution in [3.8, 4) is 28.4 Å². The number of nitrogens with zero attached hydrogens (tertiary/aromatic N) is 2. The second-order valence-corrected chi connectivity index (χ2v) is 8.27. The van der Waals surface area contributed by atoms with Gasteiger partial charge < -0.3 is 19.6 Å². The van der Waals surface area contributed by atoms with Crippen molar-refractivity contribution in [1.29, 1.82) is 0 Å². The highest BCUT2D eigenvalue weighted by atomic mass is 35.5. The molecule has 0 radical (unpaired) electrons. The molecule has 1 aliphatic rings. The van der Waals surface area contributed by atoms with E-state index in [0.29, 0.717) is 45.0 Å². The maximum atomic E-state index is 14.1. The number of aliphatic hydroxyl groups excluding tert-OH is 1. The number of ether oxygens (including phenoxy) is 2. The predicted molar refractivity (Wildman–Crippen MR) is 120 cm³/mol. The fourth-order valence-electron chi connectivity index (χ4n) is 3.95. The third kappa shape index (κ3) is 4.17. The number of aromatic amines is 1. The summed E-state index contributed by atoms with van der Waals surface area (Å²) in [7, 11) is 0. The van der Waals surface area contributed by atoms with Crippen molar-refractivity contribution < 1.29 is 23.4 Å². The zero-order valence-corrected chi connectivity index (χ0v) is 18.3. The van der Waals surface area contributed by atoms with Gasteiger partial charge in [0.25, 0.3) is 6.01 Å². The first-order valence-corrected chi connectivity index (χ1v) is 10.9. The van der Waals surface area contributed by atoms with Crippen LogP contribution in [0.1, 0.15) is 13.3 Å². The third-order valence-electron chi connectivity index (χ3n) is 5.71.